The van der Waals surface area contributed by atoms with Gasteiger partial charge < -0.3 is 11.6 Å². The van der Waals surface area contributed by atoms with Crippen molar-refractivity contribution in [2.24, 2.45) is 0 Å². The summed E-state index contributed by atoms with van der Waals surface area (Å²) in [6, 6.07) is 1.27. The van der Waals surface area contributed by atoms with E-state index in [-0.39, 0.29) is 63.3 Å². The van der Waals surface area contributed by atoms with Gasteiger partial charge in [0.2, 0.25) is 0 Å². The first-order valence-corrected chi connectivity index (χ1v) is 3.55. The number of hydrogen-bond donors (Lipinski definition) is 2. The molecule has 0 aliphatic heterocycles. The van der Waals surface area contributed by atoms with Crippen molar-refractivity contribution in [3.05, 3.63) is 21.9 Å². The van der Waals surface area contributed by atoms with Crippen molar-refractivity contribution in [2.75, 3.05) is 0 Å². The largest absolute Gasteiger partial charge is 1.00 e. The fourth-order valence-corrected chi connectivity index (χ4v) is 1.37. The molecule has 0 aromatic carbocycles. The first-order valence-electron chi connectivity index (χ1n) is 2.67. The van der Waals surface area contributed by atoms with E-state index in [9.17, 15) is 9.59 Å². The van der Waals surface area contributed by atoms with Crippen LogP contribution in [0, 0.1) is 0 Å². The van der Waals surface area contributed by atoms with Gasteiger partial charge in [0.15, 0.2) is 0 Å². The number of aromatic carboxylic acids is 2. The average molecular weight is 212 g/mol. The molecule has 1 heterocycles. The number of carboxylic acid groups (broad SMARTS) is 2. The van der Waals surface area contributed by atoms with Gasteiger partial charge in [-0.3, -0.25) is 0 Å². The van der Waals surface area contributed by atoms with Crippen LogP contribution >= 0.6 is 11.3 Å². The molecule has 0 atom stereocenters. The van der Waals surface area contributed by atoms with E-state index in [1.165, 1.54) is 11.4 Å². The van der Waals surface area contributed by atoms with Crippen molar-refractivity contribution in [3.63, 3.8) is 0 Å². The van der Waals surface area contributed by atoms with E-state index in [1.54, 1.807) is 0 Å². The van der Waals surface area contributed by atoms with Gasteiger partial charge in [-0.05, 0) is 11.4 Å². The normalized spacial score (nSPS) is 8.67. The maximum Gasteiger partial charge on any atom is 1.00 e. The molecule has 1 aromatic heterocycles. The van der Waals surface area contributed by atoms with Gasteiger partial charge >= 0.3 is 63.3 Å². The standard InChI is InChI=1S/C6H4O4S.K.H/c7-5(8)3-1-2-11-4(3)6(9)10;;/h1-2H,(H,7,8)(H,9,10);;/q;+1;-1. The van der Waals surface area contributed by atoms with E-state index in [4.69, 9.17) is 10.2 Å². The summed E-state index contributed by atoms with van der Waals surface area (Å²) in [4.78, 5) is 20.5. The van der Waals surface area contributed by atoms with Crippen LogP contribution < -0.4 is 51.4 Å². The Kier molecular flexibility index (Phi) is 5.22. The van der Waals surface area contributed by atoms with Crippen molar-refractivity contribution >= 4 is 23.3 Å². The predicted octanol–water partition coefficient (Wildman–Crippen LogP) is -1.74. The zero-order valence-corrected chi connectivity index (χ0v) is 10.2. The molecule has 2 N–H and O–H groups in total. The molecule has 6 heteroatoms. The van der Waals surface area contributed by atoms with Crippen LogP contribution in [0.4, 0.5) is 0 Å². The molecule has 0 radical (unpaired) electrons. The number of carboxylic acids is 2. The van der Waals surface area contributed by atoms with E-state index < -0.39 is 11.9 Å². The fraction of sp³-hybridized carbons (Fsp3) is 0. The Morgan fingerprint density at radius 3 is 2.25 bits per heavy atom. The van der Waals surface area contributed by atoms with Gasteiger partial charge in [-0.2, -0.15) is 0 Å². The van der Waals surface area contributed by atoms with Crippen LogP contribution in [0.25, 0.3) is 0 Å². The summed E-state index contributed by atoms with van der Waals surface area (Å²) in [6.45, 7) is 0. The third kappa shape index (κ3) is 2.65. The number of carbonyl (C=O) groups is 2. The molecule has 0 spiro atoms. The van der Waals surface area contributed by atoms with E-state index in [0.717, 1.165) is 11.3 Å². The maximum absolute atomic E-state index is 10.3. The molecular weight excluding hydrogens is 207 g/mol. The number of thiophene rings is 1. The Morgan fingerprint density at radius 1 is 1.33 bits per heavy atom. The summed E-state index contributed by atoms with van der Waals surface area (Å²) < 4.78 is 0. The minimum absolute atomic E-state index is 0. The van der Waals surface area contributed by atoms with Crippen LogP contribution in [0.3, 0.4) is 0 Å². The monoisotopic (exact) mass is 212 g/mol. The molecule has 0 saturated heterocycles. The van der Waals surface area contributed by atoms with E-state index >= 15 is 0 Å². The maximum atomic E-state index is 10.3. The average Bonchev–Trinajstić information content (AvgIpc) is 2.32. The summed E-state index contributed by atoms with van der Waals surface area (Å²) in [5.41, 5.74) is -0.150. The van der Waals surface area contributed by atoms with Crippen LogP contribution in [-0.2, 0) is 0 Å². The third-order valence-electron chi connectivity index (χ3n) is 1.09. The molecule has 0 aliphatic carbocycles. The summed E-state index contributed by atoms with van der Waals surface area (Å²) in [5, 5.41) is 18.3. The van der Waals surface area contributed by atoms with Crippen LogP contribution in [-0.4, -0.2) is 22.2 Å². The van der Waals surface area contributed by atoms with E-state index in [1.807, 2.05) is 0 Å². The minimum Gasteiger partial charge on any atom is -1.00 e. The van der Waals surface area contributed by atoms with E-state index in [2.05, 4.69) is 0 Å². The van der Waals surface area contributed by atoms with Crippen molar-refractivity contribution < 1.29 is 72.6 Å². The Morgan fingerprint density at radius 2 is 1.92 bits per heavy atom. The second kappa shape index (κ2) is 5.10. The van der Waals surface area contributed by atoms with Crippen molar-refractivity contribution in [3.8, 4) is 0 Å². The predicted molar refractivity (Wildman–Crippen MR) is 39.3 cm³/mol. The molecule has 1 rings (SSSR count). The summed E-state index contributed by atoms with van der Waals surface area (Å²) in [5.74, 6) is -2.40. The first kappa shape index (κ1) is 12.3. The molecule has 1 aromatic rings. The third-order valence-corrected chi connectivity index (χ3v) is 1.99. The molecule has 0 fully saturated rings. The molecular formula is C6H5KO4S. The zero-order chi connectivity index (χ0) is 8.43. The van der Waals surface area contributed by atoms with Crippen molar-refractivity contribution in [1.82, 2.24) is 0 Å². The molecule has 12 heavy (non-hydrogen) atoms. The van der Waals surface area contributed by atoms with Gasteiger partial charge in [0.05, 0.1) is 5.56 Å². The quantitative estimate of drug-likeness (QED) is 0.571. The minimum atomic E-state index is -1.20. The topological polar surface area (TPSA) is 74.6 Å². The van der Waals surface area contributed by atoms with Gasteiger partial charge in [-0.25, -0.2) is 9.59 Å². The van der Waals surface area contributed by atoms with Crippen molar-refractivity contribution in [1.29, 1.82) is 0 Å². The van der Waals surface area contributed by atoms with Gasteiger partial charge in [0.25, 0.3) is 0 Å². The molecule has 4 nitrogen and oxygen atoms in total. The molecule has 0 bridgehead atoms. The van der Waals surface area contributed by atoms with Gasteiger partial charge in [0, 0.05) is 0 Å². The van der Waals surface area contributed by atoms with E-state index in [0.29, 0.717) is 0 Å². The Bertz CT molecular complexity index is 283. The Labute approximate surface area is 116 Å². The number of rotatable bonds is 2. The van der Waals surface area contributed by atoms with Gasteiger partial charge in [-0.15, -0.1) is 11.3 Å². The number of hydrogen-bond acceptors (Lipinski definition) is 3. The summed E-state index contributed by atoms with van der Waals surface area (Å²) in [7, 11) is 0. The zero-order valence-electron chi connectivity index (χ0n) is 7.27. The van der Waals surface area contributed by atoms with Crippen LogP contribution in [0.2, 0.25) is 0 Å². The molecule has 60 valence electrons. The molecule has 0 amide bonds. The van der Waals surface area contributed by atoms with Gasteiger partial charge in [0.1, 0.15) is 4.88 Å². The molecule has 0 aliphatic rings. The fourth-order valence-electron chi connectivity index (χ4n) is 0.643. The van der Waals surface area contributed by atoms with Crippen molar-refractivity contribution in [2.45, 2.75) is 0 Å². The Balaban J connectivity index is 0. The smallest absolute Gasteiger partial charge is 1.00 e. The Hall–Kier alpha value is 0.276. The SMILES string of the molecule is O=C(O)c1ccsc1C(=O)O.[H-].[K+]. The van der Waals surface area contributed by atoms with Crippen LogP contribution in [0.5, 0.6) is 0 Å². The van der Waals surface area contributed by atoms with Crippen LogP contribution in [0.1, 0.15) is 21.5 Å². The second-order valence-electron chi connectivity index (χ2n) is 1.77. The first-order chi connectivity index (χ1) is 5.13. The van der Waals surface area contributed by atoms with Crippen LogP contribution in [0.15, 0.2) is 11.4 Å². The van der Waals surface area contributed by atoms with Gasteiger partial charge in [-0.1, -0.05) is 0 Å². The molecule has 0 saturated carbocycles. The summed E-state index contributed by atoms with van der Waals surface area (Å²) in [6.07, 6.45) is 0. The second-order valence-corrected chi connectivity index (χ2v) is 2.69. The summed E-state index contributed by atoms with van der Waals surface area (Å²) >= 11 is 0.906. The molecule has 0 unspecified atom stereocenters.